The molecule has 5 aromatic rings. The van der Waals surface area contributed by atoms with Gasteiger partial charge in [0.2, 0.25) is 5.95 Å². The Morgan fingerprint density at radius 2 is 1.78 bits per heavy atom. The lowest BCUT2D eigenvalue weighted by Gasteiger charge is -2.17. The van der Waals surface area contributed by atoms with E-state index >= 15 is 0 Å². The van der Waals surface area contributed by atoms with Crippen molar-refractivity contribution in [2.45, 2.75) is 26.9 Å². The van der Waals surface area contributed by atoms with Gasteiger partial charge in [-0.3, -0.25) is 9.36 Å². The summed E-state index contributed by atoms with van der Waals surface area (Å²) >= 11 is 1.54. The van der Waals surface area contributed by atoms with Crippen LogP contribution in [0.15, 0.2) is 60.6 Å². The Hall–Kier alpha value is -3.78. The molecule has 0 N–H and O–H groups in total. The van der Waals surface area contributed by atoms with E-state index < -0.39 is 0 Å². The Morgan fingerprint density at radius 1 is 1.03 bits per heavy atom. The largest absolute Gasteiger partial charge is 0.330 e. The number of nitrogens with zero attached hydrogens (tertiary/aromatic N) is 6. The molecular weight excluding hydrogens is 420 g/mol. The maximum Gasteiger partial charge on any atom is 0.257 e. The van der Waals surface area contributed by atoms with Crippen molar-refractivity contribution in [3.05, 3.63) is 88.7 Å². The number of thiazole rings is 1. The monoisotopic (exact) mass is 440 g/mol. The molecule has 0 aliphatic carbocycles. The first kappa shape index (κ1) is 18.9. The van der Waals surface area contributed by atoms with E-state index in [4.69, 9.17) is 0 Å². The van der Waals surface area contributed by atoms with Gasteiger partial charge in [0.15, 0.2) is 0 Å². The van der Waals surface area contributed by atoms with Gasteiger partial charge in [-0.25, -0.2) is 15.0 Å². The molecule has 32 heavy (non-hydrogen) atoms. The normalized spacial score (nSPS) is 13.1. The summed E-state index contributed by atoms with van der Waals surface area (Å²) in [7, 11) is 0. The molecular formula is C24H20N6OS. The molecule has 5 aromatic heterocycles. The van der Waals surface area contributed by atoms with Gasteiger partial charge in [0, 0.05) is 66.4 Å². The standard InChI is InChI=1S/C24H20N6OS/c1-15-9-16(2)27-24(26-15)30-12-17-10-29(11-18(17)13-30)23(31)21-19(22-25-6-8-32-22)14-28-7-4-3-5-20(21)28/h3-9,12-14H,10-11H2,1-2H3. The number of pyridine rings is 1. The van der Waals surface area contributed by atoms with Crippen LogP contribution in [0, 0.1) is 13.8 Å². The van der Waals surface area contributed by atoms with E-state index in [9.17, 15) is 4.79 Å². The van der Waals surface area contributed by atoms with Gasteiger partial charge in [-0.1, -0.05) is 6.07 Å². The average molecular weight is 441 g/mol. The fourth-order valence-electron chi connectivity index (χ4n) is 4.40. The van der Waals surface area contributed by atoms with Crippen molar-refractivity contribution in [2.75, 3.05) is 0 Å². The number of hydrogen-bond donors (Lipinski definition) is 0. The van der Waals surface area contributed by atoms with Crippen LogP contribution in [0.4, 0.5) is 0 Å². The third-order valence-corrected chi connectivity index (χ3v) is 6.58. The molecule has 0 spiro atoms. The maximum atomic E-state index is 13.7. The number of carbonyl (C=O) groups is 1. The zero-order chi connectivity index (χ0) is 21.8. The Labute approximate surface area is 188 Å². The van der Waals surface area contributed by atoms with E-state index in [0.29, 0.717) is 24.6 Å². The van der Waals surface area contributed by atoms with Crippen LogP contribution in [-0.2, 0) is 13.1 Å². The molecule has 0 bridgehead atoms. The summed E-state index contributed by atoms with van der Waals surface area (Å²) in [6, 6.07) is 7.87. The Kier molecular flexibility index (Phi) is 4.22. The Balaban J connectivity index is 1.34. The van der Waals surface area contributed by atoms with Crippen LogP contribution in [-0.4, -0.2) is 34.7 Å². The van der Waals surface area contributed by atoms with Crippen LogP contribution in [0.2, 0.25) is 0 Å². The molecule has 1 aliphatic heterocycles. The molecule has 8 heteroatoms. The highest BCUT2D eigenvalue weighted by molar-refractivity contribution is 7.13. The topological polar surface area (TPSA) is 68.3 Å². The van der Waals surface area contributed by atoms with Crippen LogP contribution in [0.5, 0.6) is 0 Å². The van der Waals surface area contributed by atoms with Crippen molar-refractivity contribution >= 4 is 22.8 Å². The summed E-state index contributed by atoms with van der Waals surface area (Å²) in [6.45, 7) is 5.07. The van der Waals surface area contributed by atoms with Crippen LogP contribution in [0.3, 0.4) is 0 Å². The molecule has 0 atom stereocenters. The van der Waals surface area contributed by atoms with E-state index in [1.807, 2.05) is 82.1 Å². The quantitative estimate of drug-likeness (QED) is 0.417. The number of amides is 1. The zero-order valence-corrected chi connectivity index (χ0v) is 18.5. The van der Waals surface area contributed by atoms with Crippen molar-refractivity contribution in [2.24, 2.45) is 0 Å². The van der Waals surface area contributed by atoms with Crippen LogP contribution in [0.25, 0.3) is 22.0 Å². The first-order valence-electron chi connectivity index (χ1n) is 10.4. The van der Waals surface area contributed by atoms with E-state index in [1.165, 1.54) is 0 Å². The predicted molar refractivity (Wildman–Crippen MR) is 123 cm³/mol. The molecule has 1 amide bonds. The van der Waals surface area contributed by atoms with Gasteiger partial charge in [0.05, 0.1) is 11.1 Å². The maximum absolute atomic E-state index is 13.7. The minimum atomic E-state index is 0.0225. The highest BCUT2D eigenvalue weighted by atomic mass is 32.1. The number of carbonyl (C=O) groups excluding carboxylic acids is 1. The van der Waals surface area contributed by atoms with Crippen molar-refractivity contribution in [1.29, 1.82) is 0 Å². The Bertz CT molecular complexity index is 1440. The average Bonchev–Trinajstić information content (AvgIpc) is 3.54. The zero-order valence-electron chi connectivity index (χ0n) is 17.7. The lowest BCUT2D eigenvalue weighted by Crippen LogP contribution is -2.26. The second kappa shape index (κ2) is 7.13. The summed E-state index contributed by atoms with van der Waals surface area (Å²) in [5.74, 6) is 0.688. The van der Waals surface area contributed by atoms with Crippen LogP contribution < -0.4 is 0 Å². The molecule has 6 heterocycles. The lowest BCUT2D eigenvalue weighted by molar-refractivity contribution is 0.0753. The SMILES string of the molecule is Cc1cc(C)nc(-n2cc3c(c2)CN(C(=O)c2c(-c4nccs4)cn4ccccc24)C3)n1. The number of fused-ring (bicyclic) bond motifs is 2. The number of rotatable bonds is 3. The minimum Gasteiger partial charge on any atom is -0.330 e. The molecule has 0 saturated carbocycles. The summed E-state index contributed by atoms with van der Waals surface area (Å²) in [5, 5.41) is 2.79. The van der Waals surface area contributed by atoms with Gasteiger partial charge in [0.1, 0.15) is 5.01 Å². The molecule has 7 nitrogen and oxygen atoms in total. The summed E-state index contributed by atoms with van der Waals surface area (Å²) in [5.41, 5.74) is 6.61. The van der Waals surface area contributed by atoms with Gasteiger partial charge < -0.3 is 9.30 Å². The highest BCUT2D eigenvalue weighted by Gasteiger charge is 2.30. The molecule has 0 saturated heterocycles. The van der Waals surface area contributed by atoms with Gasteiger partial charge in [0.25, 0.3) is 5.91 Å². The molecule has 0 radical (unpaired) electrons. The first-order valence-corrected chi connectivity index (χ1v) is 11.3. The van der Waals surface area contributed by atoms with Crippen molar-refractivity contribution in [1.82, 2.24) is 28.8 Å². The minimum absolute atomic E-state index is 0.0225. The smallest absolute Gasteiger partial charge is 0.257 e. The van der Waals surface area contributed by atoms with Crippen LogP contribution in [0.1, 0.15) is 32.9 Å². The predicted octanol–water partition coefficient (Wildman–Crippen LogP) is 4.42. The van der Waals surface area contributed by atoms with Gasteiger partial charge in [-0.05, 0) is 43.2 Å². The Morgan fingerprint density at radius 3 is 2.47 bits per heavy atom. The van der Waals surface area contributed by atoms with E-state index in [1.54, 1.807) is 17.5 Å². The van der Waals surface area contributed by atoms with Gasteiger partial charge in [-0.2, -0.15) is 0 Å². The highest BCUT2D eigenvalue weighted by Crippen LogP contribution is 2.34. The third-order valence-electron chi connectivity index (χ3n) is 5.77. The van der Waals surface area contributed by atoms with Gasteiger partial charge in [-0.15, -0.1) is 11.3 Å². The van der Waals surface area contributed by atoms with Crippen molar-refractivity contribution < 1.29 is 4.79 Å². The second-order valence-corrected chi connectivity index (χ2v) is 8.97. The van der Waals surface area contributed by atoms with Crippen molar-refractivity contribution in [3.8, 4) is 16.5 Å². The molecule has 0 aromatic carbocycles. The van der Waals surface area contributed by atoms with Gasteiger partial charge >= 0.3 is 0 Å². The second-order valence-electron chi connectivity index (χ2n) is 8.08. The lowest BCUT2D eigenvalue weighted by atomic mass is 10.1. The molecule has 0 unspecified atom stereocenters. The molecule has 158 valence electrons. The molecule has 6 rings (SSSR count). The third kappa shape index (κ3) is 3.03. The fraction of sp³-hybridized carbons (Fsp3) is 0.167. The number of aromatic nitrogens is 5. The van der Waals surface area contributed by atoms with Crippen molar-refractivity contribution in [3.63, 3.8) is 0 Å². The van der Waals surface area contributed by atoms with Crippen LogP contribution >= 0.6 is 11.3 Å². The van der Waals surface area contributed by atoms with E-state index in [0.717, 1.165) is 38.6 Å². The summed E-state index contributed by atoms with van der Waals surface area (Å²) < 4.78 is 3.96. The summed E-state index contributed by atoms with van der Waals surface area (Å²) in [6.07, 6.45) is 9.81. The fourth-order valence-corrected chi connectivity index (χ4v) is 5.05. The molecule has 0 fully saturated rings. The first-order chi connectivity index (χ1) is 15.6. The molecule has 1 aliphatic rings. The summed E-state index contributed by atoms with van der Waals surface area (Å²) in [4.78, 5) is 29.2. The number of aryl methyl sites for hydroxylation is 2. The van der Waals surface area contributed by atoms with E-state index in [2.05, 4.69) is 15.0 Å². The number of hydrogen-bond acceptors (Lipinski definition) is 5. The van der Waals surface area contributed by atoms with E-state index in [-0.39, 0.29) is 5.91 Å².